The minimum absolute atomic E-state index is 0.0338. The predicted molar refractivity (Wildman–Crippen MR) is 170 cm³/mol. The molecular weight excluding hydrogens is 542 g/mol. The van der Waals surface area contributed by atoms with Crippen LogP contribution in [0, 0.1) is 0 Å². The number of nitrogens with zero attached hydrogens (tertiary/aromatic N) is 5. The largest absolute Gasteiger partial charge is 0.379 e. The Morgan fingerprint density at radius 2 is 1.35 bits per heavy atom. The minimum atomic E-state index is -0.0338. The second kappa shape index (κ2) is 12.6. The molecule has 10 nitrogen and oxygen atoms in total. The first-order valence-electron chi connectivity index (χ1n) is 15.4. The number of aromatic nitrogens is 2. The molecule has 3 aromatic carbocycles. The van der Waals surface area contributed by atoms with Crippen LogP contribution in [0.2, 0.25) is 0 Å². The van der Waals surface area contributed by atoms with Crippen molar-refractivity contribution < 1.29 is 14.3 Å². The first-order valence-corrected chi connectivity index (χ1v) is 15.4. The van der Waals surface area contributed by atoms with E-state index in [2.05, 4.69) is 68.0 Å². The van der Waals surface area contributed by atoms with E-state index in [0.717, 1.165) is 112 Å². The Morgan fingerprint density at radius 3 is 2.07 bits per heavy atom. The number of amides is 2. The smallest absolute Gasteiger partial charge is 0.321 e. The van der Waals surface area contributed by atoms with Crippen LogP contribution in [0.3, 0.4) is 0 Å². The molecule has 2 N–H and O–H groups in total. The second-order valence-electron chi connectivity index (χ2n) is 11.4. The number of nitrogens with one attached hydrogen (secondary N) is 2. The molecule has 3 fully saturated rings. The number of morpholine rings is 2. The Morgan fingerprint density at radius 1 is 0.721 bits per heavy atom. The Kier molecular flexibility index (Phi) is 8.13. The molecule has 3 saturated heterocycles. The number of carbonyl (C=O) groups excluding carboxylic acids is 1. The summed E-state index contributed by atoms with van der Waals surface area (Å²) >= 11 is 0. The van der Waals surface area contributed by atoms with Gasteiger partial charge < -0.3 is 29.9 Å². The van der Waals surface area contributed by atoms with Crippen LogP contribution in [-0.4, -0.2) is 97.3 Å². The van der Waals surface area contributed by atoms with Gasteiger partial charge in [0.1, 0.15) is 0 Å². The third-order valence-corrected chi connectivity index (χ3v) is 8.78. The van der Waals surface area contributed by atoms with Gasteiger partial charge in [0, 0.05) is 73.4 Å². The highest BCUT2D eigenvalue weighted by Crippen LogP contribution is 2.27. The molecule has 0 aliphatic carbocycles. The summed E-state index contributed by atoms with van der Waals surface area (Å²) in [7, 11) is 0. The summed E-state index contributed by atoms with van der Waals surface area (Å²) in [5.74, 6) is 0. The molecule has 0 unspecified atom stereocenters. The molecule has 4 aromatic rings. The minimum Gasteiger partial charge on any atom is -0.379 e. The molecule has 224 valence electrons. The first kappa shape index (κ1) is 27.7. The van der Waals surface area contributed by atoms with E-state index in [1.165, 1.54) is 5.69 Å². The lowest BCUT2D eigenvalue weighted by Gasteiger charge is -2.40. The van der Waals surface area contributed by atoms with Gasteiger partial charge in [-0.3, -0.25) is 4.90 Å². The molecule has 3 aliphatic heterocycles. The normalized spacial score (nSPS) is 18.6. The molecule has 10 heteroatoms. The van der Waals surface area contributed by atoms with E-state index >= 15 is 0 Å². The number of hydrogen-bond acceptors (Lipinski definition) is 7. The maximum Gasteiger partial charge on any atom is 0.321 e. The molecule has 4 heterocycles. The van der Waals surface area contributed by atoms with Crippen molar-refractivity contribution in [3.8, 4) is 5.69 Å². The van der Waals surface area contributed by atoms with Gasteiger partial charge in [-0.1, -0.05) is 0 Å². The molecule has 0 spiro atoms. The molecule has 0 radical (unpaired) electrons. The number of ether oxygens (including phenoxy) is 2. The number of hydrogen-bond donors (Lipinski definition) is 2. The van der Waals surface area contributed by atoms with Crippen molar-refractivity contribution in [1.82, 2.24) is 19.6 Å². The number of carbonyl (C=O) groups is 1. The highest BCUT2D eigenvalue weighted by Gasteiger charge is 2.27. The van der Waals surface area contributed by atoms with Crippen molar-refractivity contribution in [2.75, 3.05) is 81.2 Å². The Bertz CT molecular complexity index is 1520. The fourth-order valence-electron chi connectivity index (χ4n) is 6.33. The summed E-state index contributed by atoms with van der Waals surface area (Å²) in [6.45, 7) is 8.61. The van der Waals surface area contributed by atoms with Crippen LogP contribution in [0.25, 0.3) is 16.6 Å². The van der Waals surface area contributed by atoms with E-state index in [-0.39, 0.29) is 6.03 Å². The average molecular weight is 582 g/mol. The molecule has 0 saturated carbocycles. The van der Waals surface area contributed by atoms with Crippen LogP contribution < -0.4 is 15.5 Å². The lowest BCUT2D eigenvalue weighted by atomic mass is 10.0. The predicted octanol–water partition coefficient (Wildman–Crippen LogP) is 4.93. The molecular formula is C33H39N7O3. The van der Waals surface area contributed by atoms with Gasteiger partial charge in [0.15, 0.2) is 0 Å². The number of likely N-dealkylation sites (tertiary alicyclic amines) is 1. The number of rotatable bonds is 6. The highest BCUT2D eigenvalue weighted by molar-refractivity contribution is 5.90. The van der Waals surface area contributed by atoms with Crippen molar-refractivity contribution >= 4 is 39.7 Å². The zero-order chi connectivity index (χ0) is 29.0. The summed E-state index contributed by atoms with van der Waals surface area (Å²) in [5.41, 5.74) is 6.03. The standard InChI is InChI=1S/C33H39N7O3/c41-33(39-13-11-30(12-14-39)38-17-21-43-22-18-38)36-27-3-8-31(9-4-27)40-32-10-5-28(23-25(32)24-34-40)35-26-1-6-29(7-2-26)37-15-19-42-20-16-37/h1-10,23-24,30,35H,11-22H2,(H,36,41). The summed E-state index contributed by atoms with van der Waals surface area (Å²) in [5, 5.41) is 12.3. The zero-order valence-electron chi connectivity index (χ0n) is 24.5. The summed E-state index contributed by atoms with van der Waals surface area (Å²) in [6, 6.07) is 23.2. The van der Waals surface area contributed by atoms with E-state index in [4.69, 9.17) is 9.47 Å². The number of fused-ring (bicyclic) bond motifs is 1. The Labute approximate surface area is 252 Å². The highest BCUT2D eigenvalue weighted by atomic mass is 16.5. The van der Waals surface area contributed by atoms with Crippen LogP contribution in [0.15, 0.2) is 72.9 Å². The van der Waals surface area contributed by atoms with Crippen molar-refractivity contribution in [2.24, 2.45) is 0 Å². The van der Waals surface area contributed by atoms with Crippen molar-refractivity contribution in [1.29, 1.82) is 0 Å². The van der Waals surface area contributed by atoms with Crippen LogP contribution in [0.1, 0.15) is 12.8 Å². The van der Waals surface area contributed by atoms with Gasteiger partial charge in [-0.2, -0.15) is 5.10 Å². The average Bonchev–Trinajstić information content (AvgIpc) is 3.50. The van der Waals surface area contributed by atoms with Gasteiger partial charge in [-0.05, 0) is 79.6 Å². The number of benzene rings is 3. The maximum atomic E-state index is 12.9. The third-order valence-electron chi connectivity index (χ3n) is 8.78. The molecule has 0 bridgehead atoms. The van der Waals surface area contributed by atoms with E-state index < -0.39 is 0 Å². The number of urea groups is 1. The van der Waals surface area contributed by atoms with Crippen LogP contribution in [0.4, 0.5) is 27.5 Å². The topological polar surface area (TPSA) is 87.1 Å². The Balaban J connectivity index is 0.952. The van der Waals surface area contributed by atoms with Crippen LogP contribution in [0.5, 0.6) is 0 Å². The number of piperidine rings is 1. The molecule has 0 atom stereocenters. The van der Waals surface area contributed by atoms with Crippen molar-refractivity contribution in [2.45, 2.75) is 18.9 Å². The first-order chi connectivity index (χ1) is 21.2. The summed E-state index contributed by atoms with van der Waals surface area (Å²) < 4.78 is 12.9. The summed E-state index contributed by atoms with van der Waals surface area (Å²) in [4.78, 5) is 19.7. The van der Waals surface area contributed by atoms with Gasteiger partial charge in [-0.25, -0.2) is 9.48 Å². The van der Waals surface area contributed by atoms with E-state index in [1.807, 2.05) is 40.0 Å². The van der Waals surface area contributed by atoms with Gasteiger partial charge >= 0.3 is 6.03 Å². The third kappa shape index (κ3) is 6.31. The SMILES string of the molecule is O=C(Nc1ccc(-n2ncc3cc(Nc4ccc(N5CCOCC5)cc4)ccc32)cc1)N1CCC(N2CCOCC2)CC1. The summed E-state index contributed by atoms with van der Waals surface area (Å²) in [6.07, 6.45) is 3.91. The monoisotopic (exact) mass is 581 g/mol. The molecule has 43 heavy (non-hydrogen) atoms. The van der Waals surface area contributed by atoms with Crippen molar-refractivity contribution in [3.05, 3.63) is 72.9 Å². The van der Waals surface area contributed by atoms with Crippen molar-refractivity contribution in [3.63, 3.8) is 0 Å². The van der Waals surface area contributed by atoms with Gasteiger partial charge in [0.2, 0.25) is 0 Å². The number of anilines is 4. The lowest BCUT2D eigenvalue weighted by molar-refractivity contribution is 0.00419. The lowest BCUT2D eigenvalue weighted by Crippen LogP contribution is -2.50. The van der Waals surface area contributed by atoms with Gasteiger partial charge in [0.25, 0.3) is 0 Å². The quantitative estimate of drug-likeness (QED) is 0.334. The molecule has 1 aromatic heterocycles. The fourth-order valence-corrected chi connectivity index (χ4v) is 6.33. The Hall–Kier alpha value is -4.12. The zero-order valence-corrected chi connectivity index (χ0v) is 24.5. The van der Waals surface area contributed by atoms with Crippen LogP contribution >= 0.6 is 0 Å². The second-order valence-corrected chi connectivity index (χ2v) is 11.4. The van der Waals surface area contributed by atoms with Crippen LogP contribution in [-0.2, 0) is 9.47 Å². The van der Waals surface area contributed by atoms with E-state index in [0.29, 0.717) is 6.04 Å². The van der Waals surface area contributed by atoms with Gasteiger partial charge in [-0.15, -0.1) is 0 Å². The fraction of sp³-hybridized carbons (Fsp3) is 0.394. The molecule has 3 aliphatic rings. The van der Waals surface area contributed by atoms with E-state index in [1.54, 1.807) is 0 Å². The molecule has 7 rings (SSSR count). The maximum absolute atomic E-state index is 12.9. The van der Waals surface area contributed by atoms with Gasteiger partial charge in [0.05, 0.1) is 43.8 Å². The van der Waals surface area contributed by atoms with E-state index in [9.17, 15) is 4.79 Å². The molecule has 2 amide bonds.